The molecular weight excluding hydrogens is 347 g/mol. The van der Waals surface area contributed by atoms with Crippen LogP contribution in [0.4, 0.5) is 4.39 Å². The van der Waals surface area contributed by atoms with Crippen LogP contribution in [0.3, 0.4) is 0 Å². The number of thioether (sulfide) groups is 1. The van der Waals surface area contributed by atoms with Gasteiger partial charge in [0, 0.05) is 36.6 Å². The van der Waals surface area contributed by atoms with Crippen LogP contribution in [0, 0.1) is 11.7 Å². The van der Waals surface area contributed by atoms with Crippen molar-refractivity contribution in [3.63, 3.8) is 0 Å². The second kappa shape index (κ2) is 9.64. The van der Waals surface area contributed by atoms with E-state index in [1.165, 1.54) is 18.9 Å². The number of piperidine rings is 1. The van der Waals surface area contributed by atoms with Gasteiger partial charge in [0.2, 0.25) is 5.91 Å². The Morgan fingerprint density at radius 3 is 2.67 bits per heavy atom. The molecule has 6 heteroatoms. The third-order valence-electron chi connectivity index (χ3n) is 4.83. The van der Waals surface area contributed by atoms with Gasteiger partial charge < -0.3 is 10.6 Å². The fourth-order valence-corrected chi connectivity index (χ4v) is 4.58. The summed E-state index contributed by atoms with van der Waals surface area (Å²) in [5.41, 5.74) is 0.731. The predicted molar refractivity (Wildman–Crippen MR) is 100 cm³/mol. The van der Waals surface area contributed by atoms with Crippen molar-refractivity contribution in [3.8, 4) is 0 Å². The van der Waals surface area contributed by atoms with Crippen LogP contribution in [-0.2, 0) is 10.5 Å². The number of hydrogen-bond donors (Lipinski definition) is 2. The van der Waals surface area contributed by atoms with Crippen LogP contribution in [0.25, 0.3) is 0 Å². The highest BCUT2D eigenvalue weighted by molar-refractivity contribution is 7.98. The molecule has 1 aromatic carbocycles. The first-order chi connectivity index (χ1) is 11.2. The van der Waals surface area contributed by atoms with Crippen LogP contribution in [0.1, 0.15) is 37.7 Å². The smallest absolute Gasteiger partial charge is 0.220 e. The molecule has 0 spiro atoms. The molecule has 2 fully saturated rings. The largest absolute Gasteiger partial charge is 0.355 e. The van der Waals surface area contributed by atoms with Gasteiger partial charge in [-0.15, -0.1) is 12.4 Å². The first kappa shape index (κ1) is 19.5. The van der Waals surface area contributed by atoms with Crippen molar-refractivity contribution in [3.05, 3.63) is 35.6 Å². The zero-order valence-electron chi connectivity index (χ0n) is 13.8. The minimum Gasteiger partial charge on any atom is -0.355 e. The minimum absolute atomic E-state index is 0. The number of amides is 1. The highest BCUT2D eigenvalue weighted by atomic mass is 35.5. The van der Waals surface area contributed by atoms with Crippen LogP contribution in [0.5, 0.6) is 0 Å². The minimum atomic E-state index is -0.149. The molecule has 3 rings (SSSR count). The molecule has 2 N–H and O–H groups in total. The van der Waals surface area contributed by atoms with Crippen LogP contribution in [-0.4, -0.2) is 30.3 Å². The van der Waals surface area contributed by atoms with Gasteiger partial charge in [-0.25, -0.2) is 4.39 Å². The summed E-state index contributed by atoms with van der Waals surface area (Å²) in [5, 5.41) is 6.61. The first-order valence-corrected chi connectivity index (χ1v) is 9.70. The number of hydrogen-bond acceptors (Lipinski definition) is 3. The van der Waals surface area contributed by atoms with Crippen LogP contribution in [0.2, 0.25) is 0 Å². The fraction of sp³-hybridized carbons (Fsp3) is 0.611. The molecule has 1 amide bonds. The predicted octanol–water partition coefficient (Wildman–Crippen LogP) is 3.52. The number of benzene rings is 1. The molecule has 2 bridgehead atoms. The summed E-state index contributed by atoms with van der Waals surface area (Å²) in [4.78, 5) is 12.0. The van der Waals surface area contributed by atoms with Gasteiger partial charge >= 0.3 is 0 Å². The Labute approximate surface area is 154 Å². The number of rotatable bonds is 7. The summed E-state index contributed by atoms with van der Waals surface area (Å²) in [6, 6.07) is 8.14. The molecular formula is C18H26ClFN2OS. The molecule has 1 aromatic rings. The summed E-state index contributed by atoms with van der Waals surface area (Å²) in [5.74, 6) is 2.03. The van der Waals surface area contributed by atoms with Crippen LogP contribution >= 0.6 is 24.2 Å². The van der Waals surface area contributed by atoms with E-state index in [0.29, 0.717) is 36.7 Å². The molecule has 24 heavy (non-hydrogen) atoms. The molecule has 3 nitrogen and oxygen atoms in total. The van der Waals surface area contributed by atoms with E-state index in [0.717, 1.165) is 24.2 Å². The van der Waals surface area contributed by atoms with Crippen LogP contribution in [0.15, 0.2) is 24.3 Å². The molecule has 0 saturated carbocycles. The second-order valence-corrected chi connectivity index (χ2v) is 7.78. The third-order valence-corrected chi connectivity index (χ3v) is 5.84. The normalized spacial score (nSPS) is 25.1. The van der Waals surface area contributed by atoms with Gasteiger partial charge in [0.1, 0.15) is 5.82 Å². The Kier molecular flexibility index (Phi) is 7.85. The Balaban J connectivity index is 0.00000208. The molecule has 2 saturated heterocycles. The number of fused-ring (bicyclic) bond motifs is 2. The van der Waals surface area contributed by atoms with Gasteiger partial charge in [-0.05, 0) is 43.2 Å². The van der Waals surface area contributed by atoms with E-state index in [1.807, 2.05) is 12.1 Å². The number of nitrogens with one attached hydrogen (secondary N) is 2. The molecule has 2 atom stereocenters. The summed E-state index contributed by atoms with van der Waals surface area (Å²) < 4.78 is 13.5. The molecule has 134 valence electrons. The van der Waals surface area contributed by atoms with Gasteiger partial charge in [0.15, 0.2) is 0 Å². The average molecular weight is 373 g/mol. The Morgan fingerprint density at radius 2 is 1.96 bits per heavy atom. The quantitative estimate of drug-likeness (QED) is 0.719. The number of carbonyl (C=O) groups excluding carboxylic acids is 1. The molecule has 2 heterocycles. The van der Waals surface area contributed by atoms with E-state index in [2.05, 4.69) is 10.6 Å². The van der Waals surface area contributed by atoms with E-state index in [1.54, 1.807) is 17.8 Å². The lowest BCUT2D eigenvalue weighted by Gasteiger charge is -2.28. The number of carbonyl (C=O) groups is 1. The topological polar surface area (TPSA) is 41.1 Å². The summed E-state index contributed by atoms with van der Waals surface area (Å²) in [6.45, 7) is 0.662. The van der Waals surface area contributed by atoms with Crippen molar-refractivity contribution >= 4 is 30.1 Å². The number of halogens is 2. The van der Waals surface area contributed by atoms with Crippen LogP contribution < -0.4 is 10.6 Å². The zero-order chi connectivity index (χ0) is 16.1. The lowest BCUT2D eigenvalue weighted by molar-refractivity contribution is -0.122. The summed E-state index contributed by atoms with van der Waals surface area (Å²) >= 11 is 1.65. The van der Waals surface area contributed by atoms with Crippen molar-refractivity contribution in [2.45, 2.75) is 49.9 Å². The van der Waals surface area contributed by atoms with E-state index in [-0.39, 0.29) is 24.1 Å². The van der Waals surface area contributed by atoms with Gasteiger partial charge in [-0.1, -0.05) is 18.2 Å². The van der Waals surface area contributed by atoms with E-state index < -0.39 is 0 Å². The SMILES string of the molecule is Cl.O=C(CC1CC2CCC(C1)N2)NCCSCc1ccccc1F. The average Bonchev–Trinajstić information content (AvgIpc) is 2.87. The lowest BCUT2D eigenvalue weighted by Crippen LogP contribution is -2.39. The Bertz CT molecular complexity index is 534. The van der Waals surface area contributed by atoms with Gasteiger partial charge in [0.05, 0.1) is 0 Å². The van der Waals surface area contributed by atoms with Crippen molar-refractivity contribution in [2.75, 3.05) is 12.3 Å². The van der Waals surface area contributed by atoms with Crippen molar-refractivity contribution < 1.29 is 9.18 Å². The molecule has 0 aliphatic carbocycles. The first-order valence-electron chi connectivity index (χ1n) is 8.54. The van der Waals surface area contributed by atoms with Gasteiger partial charge in [0.25, 0.3) is 0 Å². The summed E-state index contributed by atoms with van der Waals surface area (Å²) in [7, 11) is 0. The van der Waals surface area contributed by atoms with Crippen molar-refractivity contribution in [2.24, 2.45) is 5.92 Å². The maximum atomic E-state index is 13.5. The summed E-state index contributed by atoms with van der Waals surface area (Å²) in [6.07, 6.45) is 5.50. The lowest BCUT2D eigenvalue weighted by atomic mass is 9.89. The maximum Gasteiger partial charge on any atom is 0.220 e. The van der Waals surface area contributed by atoms with Crippen molar-refractivity contribution in [1.82, 2.24) is 10.6 Å². The molecule has 2 unspecified atom stereocenters. The third kappa shape index (κ3) is 5.64. The molecule has 2 aliphatic rings. The highest BCUT2D eigenvalue weighted by Crippen LogP contribution is 2.32. The van der Waals surface area contributed by atoms with Gasteiger partial charge in [-0.2, -0.15) is 11.8 Å². The highest BCUT2D eigenvalue weighted by Gasteiger charge is 2.33. The molecule has 0 radical (unpaired) electrons. The van der Waals surface area contributed by atoms with Crippen molar-refractivity contribution in [1.29, 1.82) is 0 Å². The maximum absolute atomic E-state index is 13.5. The van der Waals surface area contributed by atoms with E-state index in [4.69, 9.17) is 0 Å². The van der Waals surface area contributed by atoms with E-state index >= 15 is 0 Å². The zero-order valence-corrected chi connectivity index (χ0v) is 15.4. The molecule has 0 aromatic heterocycles. The molecule has 2 aliphatic heterocycles. The fourth-order valence-electron chi connectivity index (χ4n) is 3.74. The standard InChI is InChI=1S/C18H25FN2OS.ClH/c19-17-4-2-1-3-14(17)12-23-8-7-20-18(22)11-13-9-15-5-6-16(10-13)21-15;/h1-4,13,15-16,21H,5-12H2,(H,20,22);1H. The van der Waals surface area contributed by atoms with Gasteiger partial charge in [-0.3, -0.25) is 4.79 Å². The monoisotopic (exact) mass is 372 g/mol. The Morgan fingerprint density at radius 1 is 1.25 bits per heavy atom. The Hall–Kier alpha value is -0.780. The van der Waals surface area contributed by atoms with E-state index in [9.17, 15) is 9.18 Å². The second-order valence-electron chi connectivity index (χ2n) is 6.67.